The first-order valence-electron chi connectivity index (χ1n) is 13.4. The summed E-state index contributed by atoms with van der Waals surface area (Å²) in [6.45, 7) is 1.66. The molecule has 0 saturated heterocycles. The molecule has 0 aliphatic heterocycles. The van der Waals surface area contributed by atoms with Crippen molar-refractivity contribution in [2.75, 3.05) is 19.0 Å². The number of ether oxygens (including phenoxy) is 3. The Morgan fingerprint density at radius 1 is 0.857 bits per heavy atom. The van der Waals surface area contributed by atoms with E-state index in [0.717, 1.165) is 11.1 Å². The van der Waals surface area contributed by atoms with Gasteiger partial charge in [-0.2, -0.15) is 0 Å². The van der Waals surface area contributed by atoms with Crippen molar-refractivity contribution in [3.63, 3.8) is 0 Å². The molecular formula is C33H34N4O5. The van der Waals surface area contributed by atoms with Gasteiger partial charge in [0, 0.05) is 18.2 Å². The molecule has 0 saturated carbocycles. The fourth-order valence-corrected chi connectivity index (χ4v) is 4.29. The third-order valence-electron chi connectivity index (χ3n) is 6.50. The highest BCUT2D eigenvalue weighted by Gasteiger charge is 2.26. The van der Waals surface area contributed by atoms with Crippen LogP contribution in [0.1, 0.15) is 41.3 Å². The van der Waals surface area contributed by atoms with Crippen LogP contribution in [-0.2, 0) is 20.9 Å². The lowest BCUT2D eigenvalue weighted by atomic mass is 10.0. The fraction of sp³-hybridized carbons (Fsp3) is 0.182. The lowest BCUT2D eigenvalue weighted by Crippen LogP contribution is -2.38. The van der Waals surface area contributed by atoms with E-state index in [1.54, 1.807) is 49.6 Å². The molecule has 42 heavy (non-hydrogen) atoms. The minimum Gasteiger partial charge on any atom is -0.493 e. The van der Waals surface area contributed by atoms with Crippen molar-refractivity contribution in [2.24, 2.45) is 5.73 Å². The van der Waals surface area contributed by atoms with E-state index in [2.05, 4.69) is 10.6 Å². The van der Waals surface area contributed by atoms with Crippen molar-refractivity contribution in [1.82, 2.24) is 5.32 Å². The molecule has 0 unspecified atom stereocenters. The summed E-state index contributed by atoms with van der Waals surface area (Å²) in [6.07, 6.45) is 0. The Morgan fingerprint density at radius 2 is 1.52 bits per heavy atom. The molecule has 216 valence electrons. The minimum absolute atomic E-state index is 0.0271. The zero-order valence-corrected chi connectivity index (χ0v) is 23.5. The van der Waals surface area contributed by atoms with Crippen LogP contribution in [0.5, 0.6) is 11.5 Å². The average Bonchev–Trinajstić information content (AvgIpc) is 3.01. The van der Waals surface area contributed by atoms with Gasteiger partial charge in [-0.1, -0.05) is 66.7 Å². The Labute approximate surface area is 245 Å². The van der Waals surface area contributed by atoms with Crippen LogP contribution in [0.3, 0.4) is 0 Å². The SMILES string of the molecule is COc1cc([C@@H](Nc2ccc(C(=N)N)cc2)C(=O)N[C@H](COC(C)=O)c2ccccc2)ccc1OCc1ccccc1. The highest BCUT2D eigenvalue weighted by molar-refractivity contribution is 5.95. The monoisotopic (exact) mass is 566 g/mol. The summed E-state index contributed by atoms with van der Waals surface area (Å²) >= 11 is 0. The van der Waals surface area contributed by atoms with E-state index in [1.807, 2.05) is 60.7 Å². The Balaban J connectivity index is 1.63. The average molecular weight is 567 g/mol. The molecule has 0 aliphatic carbocycles. The minimum atomic E-state index is -0.867. The van der Waals surface area contributed by atoms with Crippen molar-refractivity contribution in [3.8, 4) is 11.5 Å². The third-order valence-corrected chi connectivity index (χ3v) is 6.50. The topological polar surface area (TPSA) is 136 Å². The molecular weight excluding hydrogens is 532 g/mol. The largest absolute Gasteiger partial charge is 0.493 e. The van der Waals surface area contributed by atoms with E-state index in [-0.39, 0.29) is 18.3 Å². The lowest BCUT2D eigenvalue weighted by Gasteiger charge is -2.25. The Bertz CT molecular complexity index is 1490. The normalized spacial score (nSPS) is 12.0. The van der Waals surface area contributed by atoms with Gasteiger partial charge in [0.1, 0.15) is 25.1 Å². The van der Waals surface area contributed by atoms with Gasteiger partial charge in [0.05, 0.1) is 13.2 Å². The molecule has 0 spiro atoms. The quantitative estimate of drug-likeness (QED) is 0.100. The number of esters is 1. The lowest BCUT2D eigenvalue weighted by molar-refractivity contribution is -0.142. The number of amidine groups is 1. The number of benzene rings is 4. The van der Waals surface area contributed by atoms with Crippen molar-refractivity contribution >= 4 is 23.4 Å². The number of nitrogen functional groups attached to an aromatic ring is 1. The maximum atomic E-state index is 13.9. The molecule has 5 N–H and O–H groups in total. The number of carbonyl (C=O) groups excluding carboxylic acids is 2. The van der Waals surface area contributed by atoms with Crippen LogP contribution in [-0.4, -0.2) is 31.4 Å². The van der Waals surface area contributed by atoms with Crippen molar-refractivity contribution in [2.45, 2.75) is 25.6 Å². The summed E-state index contributed by atoms with van der Waals surface area (Å²) in [5, 5.41) is 14.0. The molecule has 4 aromatic rings. The molecule has 4 rings (SSSR count). The van der Waals surface area contributed by atoms with Crippen molar-refractivity contribution in [1.29, 1.82) is 5.41 Å². The molecule has 0 aliphatic rings. The summed E-state index contributed by atoms with van der Waals surface area (Å²) in [5.74, 6) is 0.150. The second-order valence-electron chi connectivity index (χ2n) is 9.53. The number of anilines is 1. The number of methoxy groups -OCH3 is 1. The molecule has 1 amide bonds. The summed E-state index contributed by atoms with van der Waals surface area (Å²) in [6, 6.07) is 29.9. The summed E-state index contributed by atoms with van der Waals surface area (Å²) in [7, 11) is 1.54. The van der Waals surface area contributed by atoms with Gasteiger partial charge in [0.2, 0.25) is 5.91 Å². The van der Waals surface area contributed by atoms with Gasteiger partial charge < -0.3 is 30.6 Å². The molecule has 4 aromatic carbocycles. The molecule has 0 bridgehead atoms. The standard InChI is InChI=1S/C33H34N4O5/c1-22(38)41-21-28(24-11-7-4-8-12-24)37-33(39)31(36-27-16-13-25(14-17-27)32(34)35)26-15-18-29(30(19-26)40-2)42-20-23-9-5-3-6-10-23/h3-19,28,31,36H,20-21H2,1-2H3,(H3,34,35)(H,37,39)/t28-,31-/m1/s1. The fourth-order valence-electron chi connectivity index (χ4n) is 4.29. The predicted octanol–water partition coefficient (Wildman–Crippen LogP) is 5.13. The van der Waals surface area contributed by atoms with E-state index in [0.29, 0.717) is 34.9 Å². The van der Waals surface area contributed by atoms with Gasteiger partial charge in [-0.3, -0.25) is 15.0 Å². The van der Waals surface area contributed by atoms with Gasteiger partial charge in [-0.05, 0) is 53.1 Å². The summed E-state index contributed by atoms with van der Waals surface area (Å²) in [5.41, 5.74) is 9.23. The zero-order chi connectivity index (χ0) is 29.9. The molecule has 0 fully saturated rings. The van der Waals surface area contributed by atoms with E-state index in [1.165, 1.54) is 6.92 Å². The van der Waals surface area contributed by atoms with Gasteiger partial charge in [0.15, 0.2) is 11.5 Å². The molecule has 0 aromatic heterocycles. The Morgan fingerprint density at radius 3 is 2.14 bits per heavy atom. The smallest absolute Gasteiger partial charge is 0.302 e. The first-order valence-corrected chi connectivity index (χ1v) is 13.4. The molecule has 9 nitrogen and oxygen atoms in total. The van der Waals surface area contributed by atoms with Crippen LogP contribution in [0.25, 0.3) is 0 Å². The first-order chi connectivity index (χ1) is 20.3. The number of nitrogens with one attached hydrogen (secondary N) is 3. The number of hydrogen-bond donors (Lipinski definition) is 4. The van der Waals surface area contributed by atoms with Gasteiger partial charge in [0.25, 0.3) is 0 Å². The van der Waals surface area contributed by atoms with Gasteiger partial charge in [-0.15, -0.1) is 0 Å². The number of rotatable bonds is 13. The van der Waals surface area contributed by atoms with Crippen LogP contribution >= 0.6 is 0 Å². The summed E-state index contributed by atoms with van der Waals surface area (Å²) in [4.78, 5) is 25.5. The van der Waals surface area contributed by atoms with E-state index in [9.17, 15) is 9.59 Å². The predicted molar refractivity (Wildman–Crippen MR) is 162 cm³/mol. The van der Waals surface area contributed by atoms with E-state index >= 15 is 0 Å². The number of nitrogens with two attached hydrogens (primary N) is 1. The highest BCUT2D eigenvalue weighted by Crippen LogP contribution is 2.33. The van der Waals surface area contributed by atoms with Gasteiger partial charge in [-0.25, -0.2) is 0 Å². The van der Waals surface area contributed by atoms with Crippen molar-refractivity contribution < 1.29 is 23.8 Å². The van der Waals surface area contributed by atoms with Crippen LogP contribution in [0.4, 0.5) is 5.69 Å². The van der Waals surface area contributed by atoms with Gasteiger partial charge >= 0.3 is 5.97 Å². The van der Waals surface area contributed by atoms with E-state index in [4.69, 9.17) is 25.4 Å². The van der Waals surface area contributed by atoms with Crippen LogP contribution in [0, 0.1) is 5.41 Å². The number of carbonyl (C=O) groups is 2. The third kappa shape index (κ3) is 8.11. The van der Waals surface area contributed by atoms with Crippen molar-refractivity contribution in [3.05, 3.63) is 125 Å². The van der Waals surface area contributed by atoms with Crippen LogP contribution < -0.4 is 25.8 Å². The highest BCUT2D eigenvalue weighted by atomic mass is 16.5. The zero-order valence-electron chi connectivity index (χ0n) is 23.5. The van der Waals surface area contributed by atoms with Crippen LogP contribution in [0.15, 0.2) is 103 Å². The second-order valence-corrected chi connectivity index (χ2v) is 9.53. The molecule has 9 heteroatoms. The van der Waals surface area contributed by atoms with E-state index < -0.39 is 18.1 Å². The number of amides is 1. The maximum Gasteiger partial charge on any atom is 0.302 e. The summed E-state index contributed by atoms with van der Waals surface area (Å²) < 4.78 is 16.9. The molecule has 2 atom stereocenters. The maximum absolute atomic E-state index is 13.9. The number of hydrogen-bond acceptors (Lipinski definition) is 7. The first kappa shape index (κ1) is 29.7. The molecule has 0 heterocycles. The van der Waals surface area contributed by atoms with Crippen LogP contribution in [0.2, 0.25) is 0 Å². The Hall–Kier alpha value is -5.31. The Kier molecular flexibility index (Phi) is 10.1. The second kappa shape index (κ2) is 14.4. The molecule has 0 radical (unpaired) electrons.